The number of alkyl halides is 3. The van der Waals surface area contributed by atoms with E-state index < -0.39 is 23.7 Å². The number of benzene rings is 1. The maximum Gasteiger partial charge on any atom is 0.423 e. The first-order chi connectivity index (χ1) is 15.9. The molecule has 8 nitrogen and oxygen atoms in total. The molecule has 4 rings (SSSR count). The van der Waals surface area contributed by atoms with Crippen LogP contribution in [0.1, 0.15) is 16.8 Å². The van der Waals surface area contributed by atoms with Gasteiger partial charge in [0.2, 0.25) is 11.8 Å². The fourth-order valence-electron chi connectivity index (χ4n) is 3.02. The Balaban J connectivity index is 1.47. The Labute approximate surface area is 186 Å². The van der Waals surface area contributed by atoms with Gasteiger partial charge >= 0.3 is 6.18 Å². The SMILES string of the molecule is [C-]#[N+]c1cc(CO)nc(-c2ccc(CNc3ncc(C(F)(F)F)c(OC4COC4)n3)cc2)c1. The van der Waals surface area contributed by atoms with Crippen molar-refractivity contribution in [1.29, 1.82) is 0 Å². The summed E-state index contributed by atoms with van der Waals surface area (Å²) in [5.74, 6) is -0.532. The van der Waals surface area contributed by atoms with Gasteiger partial charge in [0.1, 0.15) is 11.7 Å². The molecule has 1 aliphatic rings. The van der Waals surface area contributed by atoms with Crippen molar-refractivity contribution in [2.45, 2.75) is 25.4 Å². The molecule has 170 valence electrons. The van der Waals surface area contributed by atoms with Gasteiger partial charge < -0.3 is 19.9 Å². The lowest BCUT2D eigenvalue weighted by Gasteiger charge is -2.27. The predicted octanol–water partition coefficient (Wildman–Crippen LogP) is 3.99. The van der Waals surface area contributed by atoms with Gasteiger partial charge in [0, 0.05) is 12.7 Å². The quantitative estimate of drug-likeness (QED) is 0.518. The number of anilines is 1. The van der Waals surface area contributed by atoms with E-state index in [-0.39, 0.29) is 32.3 Å². The minimum atomic E-state index is -4.64. The summed E-state index contributed by atoms with van der Waals surface area (Å²) in [4.78, 5) is 15.4. The minimum absolute atomic E-state index is 0.00123. The fourth-order valence-corrected chi connectivity index (χ4v) is 3.02. The summed E-state index contributed by atoms with van der Waals surface area (Å²) in [6.45, 7) is 7.59. The number of nitrogens with zero attached hydrogens (tertiary/aromatic N) is 4. The van der Waals surface area contributed by atoms with Gasteiger partial charge in [0.15, 0.2) is 5.69 Å². The highest BCUT2D eigenvalue weighted by Gasteiger charge is 2.37. The number of halogens is 3. The number of ether oxygens (including phenoxy) is 2. The van der Waals surface area contributed by atoms with Crippen LogP contribution in [0.5, 0.6) is 5.88 Å². The third-order valence-electron chi connectivity index (χ3n) is 4.80. The molecular weight excluding hydrogens is 439 g/mol. The molecule has 1 aliphatic heterocycles. The lowest BCUT2D eigenvalue weighted by atomic mass is 10.1. The summed E-state index contributed by atoms with van der Waals surface area (Å²) in [5.41, 5.74) is 1.86. The third-order valence-corrected chi connectivity index (χ3v) is 4.80. The Kier molecular flexibility index (Phi) is 6.39. The van der Waals surface area contributed by atoms with Gasteiger partial charge in [-0.15, -0.1) is 0 Å². The second kappa shape index (κ2) is 9.40. The molecule has 0 saturated carbocycles. The van der Waals surface area contributed by atoms with E-state index >= 15 is 0 Å². The number of hydrogen-bond donors (Lipinski definition) is 2. The van der Waals surface area contributed by atoms with Crippen LogP contribution in [0.2, 0.25) is 0 Å². The number of rotatable bonds is 7. The van der Waals surface area contributed by atoms with Gasteiger partial charge in [-0.2, -0.15) is 18.2 Å². The predicted molar refractivity (Wildman–Crippen MR) is 111 cm³/mol. The summed E-state index contributed by atoms with van der Waals surface area (Å²) >= 11 is 0. The van der Waals surface area contributed by atoms with E-state index in [0.717, 1.165) is 11.1 Å². The van der Waals surface area contributed by atoms with Crippen LogP contribution in [-0.2, 0) is 24.1 Å². The summed E-state index contributed by atoms with van der Waals surface area (Å²) < 4.78 is 49.9. The van der Waals surface area contributed by atoms with Crippen LogP contribution in [0.25, 0.3) is 16.1 Å². The number of aromatic nitrogens is 3. The van der Waals surface area contributed by atoms with Gasteiger partial charge in [0.25, 0.3) is 0 Å². The van der Waals surface area contributed by atoms with Crippen LogP contribution in [-0.4, -0.2) is 39.4 Å². The lowest BCUT2D eigenvalue weighted by molar-refractivity contribution is -0.142. The van der Waals surface area contributed by atoms with Crippen molar-refractivity contribution < 1.29 is 27.8 Å². The second-order valence-corrected chi connectivity index (χ2v) is 7.21. The van der Waals surface area contributed by atoms with Crippen molar-refractivity contribution in [3.63, 3.8) is 0 Å². The van der Waals surface area contributed by atoms with E-state index in [1.165, 1.54) is 6.07 Å². The molecule has 0 atom stereocenters. The smallest absolute Gasteiger partial charge is 0.423 e. The first-order valence-electron chi connectivity index (χ1n) is 9.87. The maximum atomic E-state index is 13.2. The average molecular weight is 457 g/mol. The zero-order valence-corrected chi connectivity index (χ0v) is 17.1. The van der Waals surface area contributed by atoms with Crippen LogP contribution in [0, 0.1) is 6.57 Å². The summed E-state index contributed by atoms with van der Waals surface area (Å²) in [7, 11) is 0. The Morgan fingerprint density at radius 2 is 1.94 bits per heavy atom. The normalized spacial score (nSPS) is 13.8. The molecule has 2 aromatic heterocycles. The highest BCUT2D eigenvalue weighted by Crippen LogP contribution is 2.36. The number of aliphatic hydroxyl groups is 1. The number of pyridine rings is 1. The number of aliphatic hydroxyl groups excluding tert-OH is 1. The van der Waals surface area contributed by atoms with Gasteiger partial charge in [-0.25, -0.2) is 9.83 Å². The zero-order valence-electron chi connectivity index (χ0n) is 17.1. The van der Waals surface area contributed by atoms with Gasteiger partial charge in [-0.1, -0.05) is 24.3 Å². The highest BCUT2D eigenvalue weighted by molar-refractivity contribution is 5.65. The summed E-state index contributed by atoms with van der Waals surface area (Å²) in [6.07, 6.45) is -4.41. The van der Waals surface area contributed by atoms with E-state index in [2.05, 4.69) is 25.1 Å². The topological polar surface area (TPSA) is 93.8 Å². The first-order valence-corrected chi connectivity index (χ1v) is 9.87. The van der Waals surface area contributed by atoms with Crippen molar-refractivity contribution in [2.24, 2.45) is 0 Å². The van der Waals surface area contributed by atoms with Crippen molar-refractivity contribution in [3.05, 3.63) is 70.8 Å². The van der Waals surface area contributed by atoms with Crippen molar-refractivity contribution in [3.8, 4) is 17.1 Å². The van der Waals surface area contributed by atoms with E-state index in [4.69, 9.17) is 16.0 Å². The zero-order chi connectivity index (χ0) is 23.4. The summed E-state index contributed by atoms with van der Waals surface area (Å²) in [6, 6.07) is 10.4. The van der Waals surface area contributed by atoms with E-state index in [9.17, 15) is 18.3 Å². The molecular formula is C22H18F3N5O3. The molecule has 0 spiro atoms. The van der Waals surface area contributed by atoms with Crippen molar-refractivity contribution >= 4 is 11.6 Å². The van der Waals surface area contributed by atoms with Gasteiger partial charge in [0.05, 0.1) is 37.8 Å². The molecule has 2 N–H and O–H groups in total. The molecule has 1 aromatic carbocycles. The maximum absolute atomic E-state index is 13.2. The Hall–Kier alpha value is -3.75. The van der Waals surface area contributed by atoms with Crippen LogP contribution >= 0.6 is 0 Å². The largest absolute Gasteiger partial charge is 0.469 e. The molecule has 0 aliphatic carbocycles. The van der Waals surface area contributed by atoms with Crippen LogP contribution in [0.3, 0.4) is 0 Å². The fraction of sp³-hybridized carbons (Fsp3) is 0.273. The molecule has 0 unspecified atom stereocenters. The average Bonchev–Trinajstić information content (AvgIpc) is 2.79. The molecule has 33 heavy (non-hydrogen) atoms. The van der Waals surface area contributed by atoms with Gasteiger partial charge in [-0.3, -0.25) is 4.98 Å². The van der Waals surface area contributed by atoms with E-state index in [0.29, 0.717) is 23.3 Å². The number of hydrogen-bond acceptors (Lipinski definition) is 7. The van der Waals surface area contributed by atoms with Crippen LogP contribution in [0.4, 0.5) is 24.8 Å². The van der Waals surface area contributed by atoms with Crippen LogP contribution < -0.4 is 10.1 Å². The standard InChI is InChI=1S/C22H18F3N5O3/c1-26-15-6-16(10-31)29-19(7-15)14-4-2-13(3-5-14)8-27-21-28-9-18(22(23,24)25)20(30-21)33-17-11-32-12-17/h2-7,9,17,31H,8,10-12H2,(H,27,28,30). The Morgan fingerprint density at radius 1 is 1.18 bits per heavy atom. The van der Waals surface area contributed by atoms with Crippen molar-refractivity contribution in [2.75, 3.05) is 18.5 Å². The lowest BCUT2D eigenvalue weighted by Crippen LogP contribution is -2.39. The first kappa shape index (κ1) is 22.4. The van der Waals surface area contributed by atoms with E-state index in [1.54, 1.807) is 30.3 Å². The molecule has 11 heteroatoms. The Bertz CT molecular complexity index is 1180. The van der Waals surface area contributed by atoms with Crippen LogP contribution in [0.15, 0.2) is 42.6 Å². The monoisotopic (exact) mass is 457 g/mol. The van der Waals surface area contributed by atoms with Crippen molar-refractivity contribution in [1.82, 2.24) is 15.0 Å². The molecule has 3 heterocycles. The van der Waals surface area contributed by atoms with Gasteiger partial charge in [-0.05, 0) is 23.3 Å². The third kappa shape index (κ3) is 5.36. The molecule has 0 radical (unpaired) electrons. The molecule has 0 bridgehead atoms. The van der Waals surface area contributed by atoms with E-state index in [1.807, 2.05) is 0 Å². The second-order valence-electron chi connectivity index (χ2n) is 7.21. The Morgan fingerprint density at radius 3 is 2.55 bits per heavy atom. The highest BCUT2D eigenvalue weighted by atomic mass is 19.4. The molecule has 1 fully saturated rings. The molecule has 1 saturated heterocycles. The minimum Gasteiger partial charge on any atom is -0.469 e. The molecule has 3 aromatic rings. The number of nitrogens with one attached hydrogen (secondary N) is 1. The summed E-state index contributed by atoms with van der Waals surface area (Å²) in [5, 5.41) is 12.2. The molecule has 0 amide bonds.